The average Bonchev–Trinajstić information content (AvgIpc) is 3.31. The number of hydrogen-bond donors (Lipinski definition) is 2. The molecule has 3 aromatic rings. The van der Waals surface area contributed by atoms with Gasteiger partial charge >= 0.3 is 6.18 Å². The van der Waals surface area contributed by atoms with Gasteiger partial charge in [0.2, 0.25) is 0 Å². The van der Waals surface area contributed by atoms with Gasteiger partial charge in [0.15, 0.2) is 5.82 Å². The van der Waals surface area contributed by atoms with Crippen LogP contribution in [0.5, 0.6) is 11.5 Å². The van der Waals surface area contributed by atoms with E-state index in [2.05, 4.69) is 34.5 Å². The standard InChI is InChI=1S/C24H29F3N4O2/c1-16(17-7-9-18(10-8-17)24(25,26)27)20-12-11-19(15-21(20)32)33-14-6-4-5-13-23(2,3)22-28-30-31-29-22/h7-12,15-16,32H,4-6,13-14H2,1-3H3,(H,28,29,30,31). The second kappa shape index (κ2) is 10.2. The Balaban J connectivity index is 1.47. The van der Waals surface area contributed by atoms with Crippen molar-refractivity contribution in [2.75, 3.05) is 6.61 Å². The average molecular weight is 463 g/mol. The molecule has 0 bridgehead atoms. The number of alkyl halides is 3. The van der Waals surface area contributed by atoms with Gasteiger partial charge in [-0.2, -0.15) is 18.4 Å². The Morgan fingerprint density at radius 2 is 1.76 bits per heavy atom. The van der Waals surface area contributed by atoms with Gasteiger partial charge in [0.25, 0.3) is 0 Å². The van der Waals surface area contributed by atoms with Crippen LogP contribution in [-0.4, -0.2) is 32.3 Å². The third kappa shape index (κ3) is 6.46. The Morgan fingerprint density at radius 3 is 2.36 bits per heavy atom. The van der Waals surface area contributed by atoms with Crippen LogP contribution in [0.25, 0.3) is 0 Å². The number of benzene rings is 2. The Kier molecular flexibility index (Phi) is 7.61. The van der Waals surface area contributed by atoms with Gasteiger partial charge in [0, 0.05) is 23.0 Å². The SMILES string of the molecule is CC(c1ccc(C(F)(F)F)cc1)c1ccc(OCCCCCC(C)(C)c2nn[nH]n2)cc1O. The number of aromatic amines is 1. The number of rotatable bonds is 10. The number of halogens is 3. The normalized spacial score (nSPS) is 13.2. The molecule has 0 aliphatic heterocycles. The van der Waals surface area contributed by atoms with Crippen LogP contribution in [0.4, 0.5) is 13.2 Å². The van der Waals surface area contributed by atoms with Crippen LogP contribution in [0.2, 0.25) is 0 Å². The van der Waals surface area contributed by atoms with Gasteiger partial charge < -0.3 is 9.84 Å². The highest BCUT2D eigenvalue weighted by Gasteiger charge is 2.30. The predicted octanol–water partition coefficient (Wildman–Crippen LogP) is 5.99. The molecule has 0 aliphatic rings. The van der Waals surface area contributed by atoms with E-state index >= 15 is 0 Å². The number of ether oxygens (including phenoxy) is 1. The molecular formula is C24H29F3N4O2. The number of phenols is 1. The molecule has 0 saturated heterocycles. The summed E-state index contributed by atoms with van der Waals surface area (Å²) in [6, 6.07) is 10.1. The molecular weight excluding hydrogens is 433 g/mol. The van der Waals surface area contributed by atoms with Crippen LogP contribution >= 0.6 is 0 Å². The number of aromatic nitrogens is 4. The maximum Gasteiger partial charge on any atom is 0.416 e. The zero-order valence-corrected chi connectivity index (χ0v) is 19.0. The molecule has 0 aliphatic carbocycles. The lowest BCUT2D eigenvalue weighted by molar-refractivity contribution is -0.137. The summed E-state index contributed by atoms with van der Waals surface area (Å²) < 4.78 is 44.1. The second-order valence-electron chi connectivity index (χ2n) is 8.84. The topological polar surface area (TPSA) is 83.9 Å². The van der Waals surface area contributed by atoms with Crippen LogP contribution < -0.4 is 4.74 Å². The van der Waals surface area contributed by atoms with E-state index in [-0.39, 0.29) is 17.1 Å². The molecule has 0 spiro atoms. The summed E-state index contributed by atoms with van der Waals surface area (Å²) in [6.07, 6.45) is -0.583. The number of tetrazole rings is 1. The van der Waals surface area contributed by atoms with E-state index in [0.717, 1.165) is 37.8 Å². The van der Waals surface area contributed by atoms with Crippen molar-refractivity contribution in [3.05, 3.63) is 65.0 Å². The summed E-state index contributed by atoms with van der Waals surface area (Å²) in [4.78, 5) is 0. The minimum atomic E-state index is -4.37. The minimum Gasteiger partial charge on any atom is -0.508 e. The molecule has 1 atom stereocenters. The molecule has 2 N–H and O–H groups in total. The van der Waals surface area contributed by atoms with E-state index in [0.29, 0.717) is 29.3 Å². The number of nitrogens with one attached hydrogen (secondary N) is 1. The van der Waals surface area contributed by atoms with Crippen molar-refractivity contribution < 1.29 is 23.0 Å². The lowest BCUT2D eigenvalue weighted by Gasteiger charge is -2.19. The first kappa shape index (κ1) is 24.5. The number of unbranched alkanes of at least 4 members (excludes halogenated alkanes) is 2. The summed E-state index contributed by atoms with van der Waals surface area (Å²) in [5.41, 5.74) is 0.491. The third-order valence-electron chi connectivity index (χ3n) is 5.87. The molecule has 0 fully saturated rings. The maximum atomic E-state index is 12.8. The Morgan fingerprint density at radius 1 is 1.03 bits per heavy atom. The van der Waals surface area contributed by atoms with Crippen LogP contribution in [0, 0.1) is 0 Å². The van der Waals surface area contributed by atoms with E-state index in [1.165, 1.54) is 12.1 Å². The Bertz CT molecular complexity index is 1020. The maximum absolute atomic E-state index is 12.8. The van der Waals surface area contributed by atoms with E-state index in [9.17, 15) is 18.3 Å². The molecule has 0 amide bonds. The fourth-order valence-electron chi connectivity index (χ4n) is 3.72. The first-order valence-corrected chi connectivity index (χ1v) is 10.9. The highest BCUT2D eigenvalue weighted by Crippen LogP contribution is 2.35. The summed E-state index contributed by atoms with van der Waals surface area (Å²) >= 11 is 0. The number of hydrogen-bond acceptors (Lipinski definition) is 5. The highest BCUT2D eigenvalue weighted by molar-refractivity contribution is 5.45. The first-order chi connectivity index (χ1) is 15.6. The smallest absolute Gasteiger partial charge is 0.416 e. The lowest BCUT2D eigenvalue weighted by Crippen LogP contribution is -2.19. The quantitative estimate of drug-likeness (QED) is 0.362. The van der Waals surface area contributed by atoms with Crippen molar-refractivity contribution in [3.63, 3.8) is 0 Å². The zero-order valence-electron chi connectivity index (χ0n) is 19.0. The van der Waals surface area contributed by atoms with Crippen LogP contribution in [-0.2, 0) is 11.6 Å². The number of phenolic OH excluding ortho intramolecular Hbond substituents is 1. The van der Waals surface area contributed by atoms with Crippen molar-refractivity contribution in [2.24, 2.45) is 0 Å². The summed E-state index contributed by atoms with van der Waals surface area (Å²) in [6.45, 7) is 6.54. The summed E-state index contributed by atoms with van der Waals surface area (Å²) in [7, 11) is 0. The fourth-order valence-corrected chi connectivity index (χ4v) is 3.72. The van der Waals surface area contributed by atoms with Gasteiger partial charge in [-0.25, -0.2) is 0 Å². The van der Waals surface area contributed by atoms with Crippen molar-refractivity contribution in [1.29, 1.82) is 0 Å². The Labute approximate surface area is 191 Å². The molecule has 1 aromatic heterocycles. The summed E-state index contributed by atoms with van der Waals surface area (Å²) in [5, 5.41) is 24.7. The lowest BCUT2D eigenvalue weighted by atomic mass is 9.86. The van der Waals surface area contributed by atoms with Gasteiger partial charge in [-0.1, -0.05) is 57.0 Å². The van der Waals surface area contributed by atoms with Gasteiger partial charge in [0.05, 0.1) is 12.2 Å². The highest BCUT2D eigenvalue weighted by atomic mass is 19.4. The number of nitrogens with zero attached hydrogens (tertiary/aromatic N) is 3. The third-order valence-corrected chi connectivity index (χ3v) is 5.87. The van der Waals surface area contributed by atoms with Crippen LogP contribution in [0.1, 0.15) is 74.9 Å². The van der Waals surface area contributed by atoms with Crippen LogP contribution in [0.15, 0.2) is 42.5 Å². The molecule has 178 valence electrons. The minimum absolute atomic E-state index is 0.0572. The first-order valence-electron chi connectivity index (χ1n) is 10.9. The molecule has 9 heteroatoms. The van der Waals surface area contributed by atoms with E-state index in [1.54, 1.807) is 18.2 Å². The molecule has 1 heterocycles. The van der Waals surface area contributed by atoms with Crippen molar-refractivity contribution in [3.8, 4) is 11.5 Å². The predicted molar refractivity (Wildman–Crippen MR) is 118 cm³/mol. The van der Waals surface area contributed by atoms with E-state index < -0.39 is 11.7 Å². The van der Waals surface area contributed by atoms with Gasteiger partial charge in [0.1, 0.15) is 11.5 Å². The second-order valence-corrected chi connectivity index (χ2v) is 8.84. The van der Waals surface area contributed by atoms with Gasteiger partial charge in [-0.15, -0.1) is 10.2 Å². The molecule has 0 radical (unpaired) electrons. The summed E-state index contributed by atoms with van der Waals surface area (Å²) in [5.74, 6) is 1.06. The number of aromatic hydroxyl groups is 1. The fraction of sp³-hybridized carbons (Fsp3) is 0.458. The van der Waals surface area contributed by atoms with Crippen molar-refractivity contribution >= 4 is 0 Å². The van der Waals surface area contributed by atoms with Crippen LogP contribution in [0.3, 0.4) is 0 Å². The van der Waals surface area contributed by atoms with Gasteiger partial charge in [-0.05, 0) is 36.6 Å². The molecule has 1 unspecified atom stereocenters. The van der Waals surface area contributed by atoms with Gasteiger partial charge in [-0.3, -0.25) is 0 Å². The largest absolute Gasteiger partial charge is 0.508 e. The molecule has 3 rings (SSSR count). The molecule has 33 heavy (non-hydrogen) atoms. The number of H-pyrrole nitrogens is 1. The molecule has 6 nitrogen and oxygen atoms in total. The van der Waals surface area contributed by atoms with Crippen molar-refractivity contribution in [1.82, 2.24) is 20.6 Å². The van der Waals surface area contributed by atoms with E-state index in [1.807, 2.05) is 6.92 Å². The Hall–Kier alpha value is -3.10. The molecule has 2 aromatic carbocycles. The van der Waals surface area contributed by atoms with E-state index in [4.69, 9.17) is 4.74 Å². The van der Waals surface area contributed by atoms with Crippen molar-refractivity contribution in [2.45, 2.75) is 64.0 Å². The monoisotopic (exact) mass is 462 g/mol. The zero-order chi connectivity index (χ0) is 24.1. The molecule has 0 saturated carbocycles.